The van der Waals surface area contributed by atoms with Crippen LogP contribution in [0.4, 0.5) is 11.4 Å². The summed E-state index contributed by atoms with van der Waals surface area (Å²) in [6, 6.07) is 15.9. The lowest BCUT2D eigenvalue weighted by Gasteiger charge is -2.22. The van der Waals surface area contributed by atoms with Gasteiger partial charge in [-0.25, -0.2) is 0 Å². The van der Waals surface area contributed by atoms with Crippen LogP contribution in [0.2, 0.25) is 0 Å². The Labute approximate surface area is 141 Å². The van der Waals surface area contributed by atoms with E-state index in [2.05, 4.69) is 10.6 Å². The fourth-order valence-electron chi connectivity index (χ4n) is 1.98. The topological polar surface area (TPSA) is 82.0 Å². The van der Waals surface area contributed by atoms with Crippen LogP contribution in [-0.2, 0) is 9.59 Å². The summed E-state index contributed by atoms with van der Waals surface area (Å²) in [5.74, 6) is -0.845. The summed E-state index contributed by atoms with van der Waals surface area (Å²) in [4.78, 5) is 24.9. The standard InChI is InChI=1S/C19H19N3O2/c1-13-7-9-15(10-8-13)21-17(23)19(2,3)18(24)22-16-6-4-5-14(11-16)12-20/h4-11H,1-3H3,(H,21,23)(H,22,24). The van der Waals surface area contributed by atoms with E-state index in [0.29, 0.717) is 16.9 Å². The molecule has 0 radical (unpaired) electrons. The zero-order valence-electron chi connectivity index (χ0n) is 13.9. The Morgan fingerprint density at radius 2 is 1.54 bits per heavy atom. The molecule has 2 N–H and O–H groups in total. The summed E-state index contributed by atoms with van der Waals surface area (Å²) in [5.41, 5.74) is 1.37. The van der Waals surface area contributed by atoms with Gasteiger partial charge in [-0.05, 0) is 51.1 Å². The van der Waals surface area contributed by atoms with E-state index in [4.69, 9.17) is 5.26 Å². The van der Waals surface area contributed by atoms with Crippen LogP contribution in [0.15, 0.2) is 48.5 Å². The van der Waals surface area contributed by atoms with Gasteiger partial charge in [-0.15, -0.1) is 0 Å². The first-order valence-electron chi connectivity index (χ1n) is 7.52. The van der Waals surface area contributed by atoms with Crippen molar-refractivity contribution in [3.8, 4) is 6.07 Å². The van der Waals surface area contributed by atoms with Crippen LogP contribution in [0.3, 0.4) is 0 Å². The summed E-state index contributed by atoms with van der Waals surface area (Å²) in [7, 11) is 0. The van der Waals surface area contributed by atoms with Gasteiger partial charge in [-0.3, -0.25) is 9.59 Å². The van der Waals surface area contributed by atoms with E-state index in [1.165, 1.54) is 0 Å². The molecule has 5 nitrogen and oxygen atoms in total. The number of hydrogen-bond donors (Lipinski definition) is 2. The predicted molar refractivity (Wildman–Crippen MR) is 93.4 cm³/mol. The smallest absolute Gasteiger partial charge is 0.239 e. The van der Waals surface area contributed by atoms with Crippen molar-refractivity contribution in [1.82, 2.24) is 0 Å². The third-order valence-corrected chi connectivity index (χ3v) is 3.69. The fraction of sp³-hybridized carbons (Fsp3) is 0.211. The third kappa shape index (κ3) is 3.99. The minimum atomic E-state index is -1.27. The summed E-state index contributed by atoms with van der Waals surface area (Å²) in [6.07, 6.45) is 0. The molecule has 0 fully saturated rings. The van der Waals surface area contributed by atoms with E-state index >= 15 is 0 Å². The van der Waals surface area contributed by atoms with Gasteiger partial charge in [0, 0.05) is 11.4 Å². The second-order valence-electron chi connectivity index (χ2n) is 6.09. The molecule has 0 saturated carbocycles. The Kier molecular flexibility index (Phi) is 5.00. The number of carbonyl (C=O) groups is 2. The molecule has 2 amide bonds. The summed E-state index contributed by atoms with van der Waals surface area (Å²) in [6.45, 7) is 5.07. The lowest BCUT2D eigenvalue weighted by Crippen LogP contribution is -2.41. The number of rotatable bonds is 4. The van der Waals surface area contributed by atoms with E-state index < -0.39 is 17.2 Å². The zero-order chi connectivity index (χ0) is 17.7. The average Bonchev–Trinajstić information content (AvgIpc) is 2.57. The molecule has 0 aliphatic carbocycles. The molecular formula is C19H19N3O2. The first kappa shape index (κ1) is 17.2. The number of nitriles is 1. The second kappa shape index (κ2) is 6.97. The Balaban J connectivity index is 2.09. The maximum atomic E-state index is 12.5. The number of anilines is 2. The van der Waals surface area contributed by atoms with Gasteiger partial charge >= 0.3 is 0 Å². The van der Waals surface area contributed by atoms with Crippen LogP contribution in [0, 0.1) is 23.7 Å². The summed E-state index contributed by atoms with van der Waals surface area (Å²) < 4.78 is 0. The number of nitrogens with zero attached hydrogens (tertiary/aromatic N) is 1. The number of aryl methyl sites for hydroxylation is 1. The number of carbonyl (C=O) groups excluding carboxylic acids is 2. The van der Waals surface area contributed by atoms with Crippen molar-refractivity contribution >= 4 is 23.2 Å². The first-order valence-corrected chi connectivity index (χ1v) is 7.52. The van der Waals surface area contributed by atoms with Crippen molar-refractivity contribution in [3.05, 3.63) is 59.7 Å². The Hall–Kier alpha value is -3.13. The lowest BCUT2D eigenvalue weighted by molar-refractivity contribution is -0.135. The van der Waals surface area contributed by atoms with Gasteiger partial charge in [0.2, 0.25) is 11.8 Å². The molecule has 0 atom stereocenters. The van der Waals surface area contributed by atoms with E-state index in [1.54, 1.807) is 50.2 Å². The molecule has 24 heavy (non-hydrogen) atoms. The first-order chi connectivity index (χ1) is 11.3. The maximum absolute atomic E-state index is 12.5. The average molecular weight is 321 g/mol. The molecule has 0 heterocycles. The third-order valence-electron chi connectivity index (χ3n) is 3.69. The molecule has 122 valence electrons. The van der Waals surface area contributed by atoms with Gasteiger partial charge in [-0.2, -0.15) is 5.26 Å². The number of benzene rings is 2. The van der Waals surface area contributed by atoms with Crippen molar-refractivity contribution in [3.63, 3.8) is 0 Å². The van der Waals surface area contributed by atoms with Crippen molar-refractivity contribution < 1.29 is 9.59 Å². The normalized spacial score (nSPS) is 10.6. The Bertz CT molecular complexity index is 802. The van der Waals surface area contributed by atoms with Crippen LogP contribution in [0.5, 0.6) is 0 Å². The highest BCUT2D eigenvalue weighted by Crippen LogP contribution is 2.22. The maximum Gasteiger partial charge on any atom is 0.239 e. The molecule has 0 aromatic heterocycles. The molecule has 0 saturated heterocycles. The zero-order valence-corrected chi connectivity index (χ0v) is 13.9. The van der Waals surface area contributed by atoms with Crippen LogP contribution in [0.25, 0.3) is 0 Å². The van der Waals surface area contributed by atoms with Crippen molar-refractivity contribution in [2.24, 2.45) is 5.41 Å². The quantitative estimate of drug-likeness (QED) is 0.846. The molecule has 0 unspecified atom stereocenters. The van der Waals surface area contributed by atoms with Crippen LogP contribution < -0.4 is 10.6 Å². The van der Waals surface area contributed by atoms with Gasteiger partial charge in [0.15, 0.2) is 0 Å². The molecule has 0 spiro atoms. The number of nitrogens with one attached hydrogen (secondary N) is 2. The van der Waals surface area contributed by atoms with Crippen molar-refractivity contribution in [2.45, 2.75) is 20.8 Å². The summed E-state index contributed by atoms with van der Waals surface area (Å²) >= 11 is 0. The van der Waals surface area contributed by atoms with Crippen LogP contribution in [0.1, 0.15) is 25.0 Å². The lowest BCUT2D eigenvalue weighted by atomic mass is 9.90. The summed E-state index contributed by atoms with van der Waals surface area (Å²) in [5, 5.41) is 14.3. The van der Waals surface area contributed by atoms with E-state index in [9.17, 15) is 9.59 Å². The van der Waals surface area contributed by atoms with Gasteiger partial charge < -0.3 is 10.6 Å². The second-order valence-corrected chi connectivity index (χ2v) is 6.09. The molecule has 0 aliphatic rings. The number of hydrogen-bond acceptors (Lipinski definition) is 3. The molecule has 2 rings (SSSR count). The van der Waals surface area contributed by atoms with Crippen molar-refractivity contribution in [1.29, 1.82) is 5.26 Å². The largest absolute Gasteiger partial charge is 0.325 e. The van der Waals surface area contributed by atoms with Gasteiger partial charge in [0.25, 0.3) is 0 Å². The van der Waals surface area contributed by atoms with Gasteiger partial charge in [0.1, 0.15) is 5.41 Å². The van der Waals surface area contributed by atoms with E-state index in [0.717, 1.165) is 5.56 Å². The van der Waals surface area contributed by atoms with Crippen LogP contribution in [-0.4, -0.2) is 11.8 Å². The monoisotopic (exact) mass is 321 g/mol. The van der Waals surface area contributed by atoms with Gasteiger partial charge in [0.05, 0.1) is 11.6 Å². The molecule has 0 bridgehead atoms. The van der Waals surface area contributed by atoms with Crippen molar-refractivity contribution in [2.75, 3.05) is 10.6 Å². The minimum absolute atomic E-state index is 0.403. The minimum Gasteiger partial charge on any atom is -0.325 e. The molecular weight excluding hydrogens is 302 g/mol. The predicted octanol–water partition coefficient (Wildman–Crippen LogP) is 3.47. The Morgan fingerprint density at radius 1 is 0.958 bits per heavy atom. The SMILES string of the molecule is Cc1ccc(NC(=O)C(C)(C)C(=O)Nc2cccc(C#N)c2)cc1. The number of amides is 2. The highest BCUT2D eigenvalue weighted by Gasteiger charge is 2.36. The Morgan fingerprint density at radius 3 is 2.12 bits per heavy atom. The van der Waals surface area contributed by atoms with Gasteiger partial charge in [-0.1, -0.05) is 23.8 Å². The molecule has 5 heteroatoms. The van der Waals surface area contributed by atoms with Crippen LogP contribution >= 0.6 is 0 Å². The fourth-order valence-corrected chi connectivity index (χ4v) is 1.98. The molecule has 2 aromatic rings. The van der Waals surface area contributed by atoms with E-state index in [1.807, 2.05) is 25.1 Å². The molecule has 2 aromatic carbocycles. The highest BCUT2D eigenvalue weighted by atomic mass is 16.2. The van der Waals surface area contributed by atoms with E-state index in [-0.39, 0.29) is 0 Å². The molecule has 0 aliphatic heterocycles. The highest BCUT2D eigenvalue weighted by molar-refractivity contribution is 6.14.